The molecule has 2 rings (SSSR count). The molecule has 19 heavy (non-hydrogen) atoms. The average Bonchev–Trinajstić information content (AvgIpc) is 3.07. The molecule has 0 bridgehead atoms. The Labute approximate surface area is 111 Å². The summed E-state index contributed by atoms with van der Waals surface area (Å²) in [5.74, 6) is 1.15. The second-order valence-corrected chi connectivity index (χ2v) is 4.13. The number of aromatic nitrogens is 4. The van der Waals surface area contributed by atoms with Crippen molar-refractivity contribution in [2.75, 3.05) is 18.4 Å². The van der Waals surface area contributed by atoms with Crippen molar-refractivity contribution < 1.29 is 8.94 Å². The Kier molecular flexibility index (Phi) is 4.85. The van der Waals surface area contributed by atoms with Crippen LogP contribution in [0.1, 0.15) is 38.1 Å². The third kappa shape index (κ3) is 4.02. The summed E-state index contributed by atoms with van der Waals surface area (Å²) < 4.78 is 10.4. The molecule has 0 radical (unpaired) electrons. The van der Waals surface area contributed by atoms with E-state index >= 15 is 0 Å². The van der Waals surface area contributed by atoms with E-state index in [-0.39, 0.29) is 6.04 Å². The van der Waals surface area contributed by atoms with Crippen LogP contribution in [0.25, 0.3) is 0 Å². The molecule has 0 aliphatic carbocycles. The topological polar surface area (TPSA) is 102 Å². The van der Waals surface area contributed by atoms with Gasteiger partial charge >= 0.3 is 6.01 Å². The minimum absolute atomic E-state index is 0.0546. The fourth-order valence-electron chi connectivity index (χ4n) is 1.51. The second kappa shape index (κ2) is 6.83. The quantitative estimate of drug-likeness (QED) is 0.734. The Morgan fingerprint density at radius 2 is 2.21 bits per heavy atom. The highest BCUT2D eigenvalue weighted by atomic mass is 16.5. The Balaban J connectivity index is 1.77. The summed E-state index contributed by atoms with van der Waals surface area (Å²) in [6.45, 7) is 5.62. The van der Waals surface area contributed by atoms with Gasteiger partial charge in [-0.3, -0.25) is 0 Å². The van der Waals surface area contributed by atoms with Crippen LogP contribution in [-0.2, 0) is 6.42 Å². The maximum atomic E-state index is 5.50. The lowest BCUT2D eigenvalue weighted by Crippen LogP contribution is -2.19. The predicted molar refractivity (Wildman–Crippen MR) is 67.5 cm³/mol. The van der Waals surface area contributed by atoms with Gasteiger partial charge in [0.25, 0.3) is 0 Å². The zero-order valence-corrected chi connectivity index (χ0v) is 11.1. The molecule has 0 saturated carbocycles. The van der Waals surface area contributed by atoms with Gasteiger partial charge in [-0.15, -0.1) is 5.10 Å². The van der Waals surface area contributed by atoms with Crippen molar-refractivity contribution in [2.45, 2.75) is 32.7 Å². The van der Waals surface area contributed by atoms with Crippen LogP contribution in [0.3, 0.4) is 0 Å². The number of rotatable bonds is 8. The lowest BCUT2D eigenvalue weighted by Gasteiger charge is -2.07. The summed E-state index contributed by atoms with van der Waals surface area (Å²) in [4.78, 5) is 3.92. The minimum Gasteiger partial charge on any atom is -0.406 e. The maximum Gasteiger partial charge on any atom is 0.315 e. The molecule has 2 heterocycles. The summed E-state index contributed by atoms with van der Waals surface area (Å²) in [6, 6.07) is 0.457. The Morgan fingerprint density at radius 1 is 1.32 bits per heavy atom. The van der Waals surface area contributed by atoms with Gasteiger partial charge in [0.15, 0.2) is 6.33 Å². The van der Waals surface area contributed by atoms with Crippen molar-refractivity contribution >= 4 is 6.01 Å². The number of hydrogen-bond donors (Lipinski definition) is 2. The first kappa shape index (κ1) is 13.5. The van der Waals surface area contributed by atoms with Crippen LogP contribution in [0.2, 0.25) is 0 Å². The summed E-state index contributed by atoms with van der Waals surface area (Å²) in [5, 5.41) is 17.8. The second-order valence-electron chi connectivity index (χ2n) is 4.13. The lowest BCUT2D eigenvalue weighted by molar-refractivity contribution is 0.379. The predicted octanol–water partition coefficient (Wildman–Crippen LogP) is 1.17. The molecule has 104 valence electrons. The van der Waals surface area contributed by atoms with E-state index in [1.54, 1.807) is 0 Å². The Bertz CT molecular complexity index is 469. The van der Waals surface area contributed by atoms with Crippen molar-refractivity contribution in [2.24, 2.45) is 0 Å². The molecule has 2 aromatic heterocycles. The van der Waals surface area contributed by atoms with Crippen LogP contribution in [-0.4, -0.2) is 33.4 Å². The summed E-state index contributed by atoms with van der Waals surface area (Å²) >= 11 is 0. The van der Waals surface area contributed by atoms with Crippen molar-refractivity contribution in [3.8, 4) is 0 Å². The van der Waals surface area contributed by atoms with Gasteiger partial charge in [-0.1, -0.05) is 17.2 Å². The van der Waals surface area contributed by atoms with Crippen LogP contribution >= 0.6 is 0 Å². The summed E-state index contributed by atoms with van der Waals surface area (Å²) in [5.41, 5.74) is 0. The highest BCUT2D eigenvalue weighted by Gasteiger charge is 2.12. The number of nitrogens with zero attached hydrogens (tertiary/aromatic N) is 4. The van der Waals surface area contributed by atoms with E-state index in [9.17, 15) is 0 Å². The van der Waals surface area contributed by atoms with Gasteiger partial charge in [-0.05, 0) is 19.9 Å². The van der Waals surface area contributed by atoms with Gasteiger partial charge in [0.05, 0.1) is 6.04 Å². The standard InChI is InChI=1S/C11H18N6O2/c1-3-5-12-8(2)10-16-17-11(18-10)13-6-4-9-14-7-15-19-9/h7-8,12H,3-6H2,1-2H3,(H,13,17). The molecule has 2 N–H and O–H groups in total. The van der Waals surface area contributed by atoms with Gasteiger partial charge in [-0.25, -0.2) is 0 Å². The van der Waals surface area contributed by atoms with Crippen molar-refractivity contribution in [1.29, 1.82) is 0 Å². The van der Waals surface area contributed by atoms with E-state index in [0.717, 1.165) is 13.0 Å². The van der Waals surface area contributed by atoms with Gasteiger partial charge < -0.3 is 19.6 Å². The maximum absolute atomic E-state index is 5.50. The Morgan fingerprint density at radius 3 is 2.95 bits per heavy atom. The number of anilines is 1. The van der Waals surface area contributed by atoms with Crippen molar-refractivity contribution in [3.05, 3.63) is 18.1 Å². The molecular weight excluding hydrogens is 248 g/mol. The van der Waals surface area contributed by atoms with Gasteiger partial charge in [0, 0.05) is 13.0 Å². The molecule has 0 saturated heterocycles. The number of nitrogens with one attached hydrogen (secondary N) is 2. The molecule has 1 atom stereocenters. The molecule has 8 heteroatoms. The summed E-state index contributed by atoms with van der Waals surface area (Å²) in [6.07, 6.45) is 3.05. The smallest absolute Gasteiger partial charge is 0.315 e. The molecule has 0 spiro atoms. The van der Waals surface area contributed by atoms with E-state index < -0.39 is 0 Å². The monoisotopic (exact) mass is 266 g/mol. The molecule has 2 aromatic rings. The number of hydrogen-bond acceptors (Lipinski definition) is 8. The molecular formula is C11H18N6O2. The molecule has 8 nitrogen and oxygen atoms in total. The van der Waals surface area contributed by atoms with E-state index in [2.05, 4.69) is 37.9 Å². The molecule has 0 fully saturated rings. The normalized spacial score (nSPS) is 12.5. The van der Waals surface area contributed by atoms with Crippen LogP contribution in [0, 0.1) is 0 Å². The zero-order valence-electron chi connectivity index (χ0n) is 11.1. The van der Waals surface area contributed by atoms with E-state index in [0.29, 0.717) is 30.8 Å². The third-order valence-corrected chi connectivity index (χ3v) is 2.53. The van der Waals surface area contributed by atoms with Crippen LogP contribution in [0.5, 0.6) is 0 Å². The summed E-state index contributed by atoms with van der Waals surface area (Å²) in [7, 11) is 0. The first-order valence-corrected chi connectivity index (χ1v) is 6.35. The lowest BCUT2D eigenvalue weighted by atomic mass is 10.3. The molecule has 0 amide bonds. The van der Waals surface area contributed by atoms with Gasteiger partial charge in [0.1, 0.15) is 0 Å². The van der Waals surface area contributed by atoms with Gasteiger partial charge in [0.2, 0.25) is 11.8 Å². The zero-order chi connectivity index (χ0) is 13.5. The highest BCUT2D eigenvalue weighted by Crippen LogP contribution is 2.13. The van der Waals surface area contributed by atoms with Crippen molar-refractivity contribution in [1.82, 2.24) is 25.7 Å². The molecule has 0 aromatic carbocycles. The van der Waals surface area contributed by atoms with Crippen molar-refractivity contribution in [3.63, 3.8) is 0 Å². The fraction of sp³-hybridized carbons (Fsp3) is 0.636. The minimum atomic E-state index is 0.0546. The first-order chi connectivity index (χ1) is 9.29. The largest absolute Gasteiger partial charge is 0.406 e. The Hall–Kier alpha value is -1.96. The van der Waals surface area contributed by atoms with Crippen LogP contribution in [0.4, 0.5) is 6.01 Å². The van der Waals surface area contributed by atoms with Crippen LogP contribution < -0.4 is 10.6 Å². The molecule has 0 aliphatic heterocycles. The van der Waals surface area contributed by atoms with Gasteiger partial charge in [-0.2, -0.15) is 4.98 Å². The van der Waals surface area contributed by atoms with E-state index in [1.807, 2.05) is 6.92 Å². The SMILES string of the molecule is CCCNC(C)c1nnc(NCCc2ncno2)o1. The third-order valence-electron chi connectivity index (χ3n) is 2.53. The first-order valence-electron chi connectivity index (χ1n) is 6.35. The average molecular weight is 266 g/mol. The van der Waals surface area contributed by atoms with E-state index in [4.69, 9.17) is 8.94 Å². The van der Waals surface area contributed by atoms with E-state index in [1.165, 1.54) is 6.33 Å². The highest BCUT2D eigenvalue weighted by molar-refractivity contribution is 5.17. The fourth-order valence-corrected chi connectivity index (χ4v) is 1.51. The molecule has 0 aliphatic rings. The molecule has 1 unspecified atom stereocenters. The van der Waals surface area contributed by atoms with Crippen LogP contribution in [0.15, 0.2) is 15.3 Å².